The molecule has 0 unspecified atom stereocenters. The molecule has 0 aliphatic rings. The second-order valence-electron chi connectivity index (χ2n) is 3.98. The smallest absolute Gasteiger partial charge is 0.131 e. The van der Waals surface area contributed by atoms with E-state index in [0.29, 0.717) is 21.9 Å². The van der Waals surface area contributed by atoms with Crippen LogP contribution in [0.2, 0.25) is 5.02 Å². The van der Waals surface area contributed by atoms with Gasteiger partial charge in [-0.1, -0.05) is 17.7 Å². The Labute approximate surface area is 114 Å². The van der Waals surface area contributed by atoms with E-state index >= 15 is 0 Å². The molecule has 2 aromatic carbocycles. The van der Waals surface area contributed by atoms with Crippen molar-refractivity contribution in [2.45, 2.75) is 13.2 Å². The van der Waals surface area contributed by atoms with E-state index in [2.05, 4.69) is 0 Å². The average molecular weight is 284 g/mol. The zero-order chi connectivity index (χ0) is 13.8. The third kappa shape index (κ3) is 3.43. The van der Waals surface area contributed by atoms with Crippen LogP contribution in [-0.2, 0) is 13.2 Å². The fourth-order valence-corrected chi connectivity index (χ4v) is 1.80. The monoisotopic (exact) mass is 283 g/mol. The van der Waals surface area contributed by atoms with Gasteiger partial charge in [0, 0.05) is 22.7 Å². The van der Waals surface area contributed by atoms with E-state index in [4.69, 9.17) is 22.1 Å². The quantitative estimate of drug-likeness (QED) is 0.929. The van der Waals surface area contributed by atoms with Crippen LogP contribution in [0.1, 0.15) is 11.1 Å². The van der Waals surface area contributed by atoms with Crippen molar-refractivity contribution in [1.29, 1.82) is 0 Å². The standard InChI is InChI=1S/C14H12ClF2NO/c15-11-2-1-9(13(17)6-11)8-19-14-4-3-12(16)5-10(14)7-18/h1-6H,7-8,18H2. The minimum atomic E-state index is -0.441. The molecule has 100 valence electrons. The van der Waals surface area contributed by atoms with Gasteiger partial charge in [-0.3, -0.25) is 0 Å². The number of nitrogens with two attached hydrogens (primary N) is 1. The minimum Gasteiger partial charge on any atom is -0.488 e. The number of hydrogen-bond donors (Lipinski definition) is 1. The average Bonchev–Trinajstić information content (AvgIpc) is 2.39. The predicted octanol–water partition coefficient (Wildman–Crippen LogP) is 3.66. The number of halogens is 3. The van der Waals surface area contributed by atoms with Crippen molar-refractivity contribution in [1.82, 2.24) is 0 Å². The fourth-order valence-electron chi connectivity index (χ4n) is 1.64. The molecule has 0 aromatic heterocycles. The largest absolute Gasteiger partial charge is 0.488 e. The predicted molar refractivity (Wildman–Crippen MR) is 70.0 cm³/mol. The van der Waals surface area contributed by atoms with Gasteiger partial charge in [0.2, 0.25) is 0 Å². The maximum absolute atomic E-state index is 13.6. The van der Waals surface area contributed by atoms with Crippen LogP contribution < -0.4 is 10.5 Å². The summed E-state index contributed by atoms with van der Waals surface area (Å²) in [5.41, 5.74) is 6.41. The summed E-state index contributed by atoms with van der Waals surface area (Å²) in [6, 6.07) is 8.39. The minimum absolute atomic E-state index is 0.0294. The van der Waals surface area contributed by atoms with Crippen molar-refractivity contribution in [3.05, 3.63) is 64.2 Å². The van der Waals surface area contributed by atoms with E-state index in [1.54, 1.807) is 12.1 Å². The highest BCUT2D eigenvalue weighted by molar-refractivity contribution is 6.30. The fraction of sp³-hybridized carbons (Fsp3) is 0.143. The lowest BCUT2D eigenvalue weighted by atomic mass is 10.2. The van der Waals surface area contributed by atoms with Crippen molar-refractivity contribution in [2.75, 3.05) is 0 Å². The maximum Gasteiger partial charge on any atom is 0.131 e. The van der Waals surface area contributed by atoms with E-state index < -0.39 is 5.82 Å². The number of hydrogen-bond acceptors (Lipinski definition) is 2. The Hall–Kier alpha value is -1.65. The van der Waals surface area contributed by atoms with Gasteiger partial charge in [0.1, 0.15) is 24.0 Å². The second-order valence-corrected chi connectivity index (χ2v) is 4.42. The molecule has 0 heterocycles. The lowest BCUT2D eigenvalue weighted by Gasteiger charge is -2.11. The molecular formula is C14H12ClF2NO. The first-order valence-corrected chi connectivity index (χ1v) is 6.03. The summed E-state index contributed by atoms with van der Waals surface area (Å²) < 4.78 is 32.0. The molecule has 0 radical (unpaired) electrons. The van der Waals surface area contributed by atoms with Crippen LogP contribution >= 0.6 is 11.6 Å². The lowest BCUT2D eigenvalue weighted by Crippen LogP contribution is -2.04. The van der Waals surface area contributed by atoms with Gasteiger partial charge < -0.3 is 10.5 Å². The van der Waals surface area contributed by atoms with E-state index in [1.165, 1.54) is 24.3 Å². The van der Waals surface area contributed by atoms with Crippen LogP contribution in [0.15, 0.2) is 36.4 Å². The highest BCUT2D eigenvalue weighted by Gasteiger charge is 2.07. The zero-order valence-electron chi connectivity index (χ0n) is 10.00. The normalized spacial score (nSPS) is 10.5. The lowest BCUT2D eigenvalue weighted by molar-refractivity contribution is 0.296. The molecule has 2 nitrogen and oxygen atoms in total. The maximum atomic E-state index is 13.6. The van der Waals surface area contributed by atoms with E-state index in [1.807, 2.05) is 0 Å². The molecule has 0 saturated heterocycles. The summed E-state index contributed by atoms with van der Waals surface area (Å²) in [5, 5.41) is 0.325. The Bertz CT molecular complexity index is 590. The van der Waals surface area contributed by atoms with Crippen molar-refractivity contribution >= 4 is 11.6 Å². The molecule has 2 aromatic rings. The molecule has 0 aliphatic carbocycles. The van der Waals surface area contributed by atoms with Gasteiger partial charge in [-0.2, -0.15) is 0 Å². The number of ether oxygens (including phenoxy) is 1. The summed E-state index contributed by atoms with van der Waals surface area (Å²) in [7, 11) is 0. The third-order valence-corrected chi connectivity index (χ3v) is 2.88. The van der Waals surface area contributed by atoms with Crippen LogP contribution in [0.5, 0.6) is 5.75 Å². The summed E-state index contributed by atoms with van der Waals surface area (Å²) >= 11 is 5.66. The summed E-state index contributed by atoms with van der Waals surface area (Å²) in [4.78, 5) is 0. The van der Waals surface area contributed by atoms with Crippen molar-refractivity contribution < 1.29 is 13.5 Å². The summed E-state index contributed by atoms with van der Waals surface area (Å²) in [6.07, 6.45) is 0. The first-order chi connectivity index (χ1) is 9.10. The molecule has 2 N–H and O–H groups in total. The van der Waals surface area contributed by atoms with Crippen molar-refractivity contribution in [2.24, 2.45) is 5.73 Å². The van der Waals surface area contributed by atoms with Crippen LogP contribution in [-0.4, -0.2) is 0 Å². The number of benzene rings is 2. The van der Waals surface area contributed by atoms with Gasteiger partial charge in [0.05, 0.1) is 0 Å². The number of rotatable bonds is 4. The molecule has 19 heavy (non-hydrogen) atoms. The van der Waals surface area contributed by atoms with Gasteiger partial charge >= 0.3 is 0 Å². The van der Waals surface area contributed by atoms with E-state index in [0.717, 1.165) is 0 Å². The van der Waals surface area contributed by atoms with Crippen molar-refractivity contribution in [3.8, 4) is 5.75 Å². The van der Waals surface area contributed by atoms with Gasteiger partial charge in [0.15, 0.2) is 0 Å². The zero-order valence-corrected chi connectivity index (χ0v) is 10.8. The summed E-state index contributed by atoms with van der Waals surface area (Å²) in [6.45, 7) is 0.178. The molecule has 0 amide bonds. The van der Waals surface area contributed by atoms with Crippen LogP contribution in [0.4, 0.5) is 8.78 Å². The molecule has 5 heteroatoms. The molecule has 0 aliphatic heterocycles. The molecule has 0 saturated carbocycles. The Morgan fingerprint density at radius 2 is 1.84 bits per heavy atom. The first-order valence-electron chi connectivity index (χ1n) is 5.65. The highest BCUT2D eigenvalue weighted by atomic mass is 35.5. The van der Waals surface area contributed by atoms with Gasteiger partial charge in [-0.15, -0.1) is 0 Å². The Morgan fingerprint density at radius 3 is 2.53 bits per heavy atom. The Morgan fingerprint density at radius 1 is 1.05 bits per heavy atom. The van der Waals surface area contributed by atoms with E-state index in [9.17, 15) is 8.78 Å². The Kier molecular flexibility index (Phi) is 4.35. The van der Waals surface area contributed by atoms with Gasteiger partial charge in [0.25, 0.3) is 0 Å². The molecule has 0 fully saturated rings. The van der Waals surface area contributed by atoms with Crippen LogP contribution in [0, 0.1) is 11.6 Å². The summed E-state index contributed by atoms with van der Waals surface area (Å²) in [5.74, 6) is -0.382. The van der Waals surface area contributed by atoms with E-state index in [-0.39, 0.29) is 19.0 Å². The SMILES string of the molecule is NCc1cc(F)ccc1OCc1ccc(Cl)cc1F. The molecule has 2 rings (SSSR count). The van der Waals surface area contributed by atoms with Gasteiger partial charge in [-0.25, -0.2) is 8.78 Å². The highest BCUT2D eigenvalue weighted by Crippen LogP contribution is 2.22. The molecular weight excluding hydrogens is 272 g/mol. The van der Waals surface area contributed by atoms with Crippen molar-refractivity contribution in [3.63, 3.8) is 0 Å². The first kappa shape index (κ1) is 13.8. The van der Waals surface area contributed by atoms with Gasteiger partial charge in [-0.05, 0) is 30.3 Å². The van der Waals surface area contributed by atoms with Crippen LogP contribution in [0.25, 0.3) is 0 Å². The second kappa shape index (κ2) is 5.99. The van der Waals surface area contributed by atoms with Crippen LogP contribution in [0.3, 0.4) is 0 Å². The topological polar surface area (TPSA) is 35.2 Å². The molecule has 0 bridgehead atoms. The Balaban J connectivity index is 2.14. The molecule has 0 atom stereocenters. The molecule has 0 spiro atoms. The third-order valence-electron chi connectivity index (χ3n) is 2.64.